The molecule has 1 nitrogen and oxygen atoms in total. The molecule has 3 rings (SSSR count). The third kappa shape index (κ3) is 4.03. The topological polar surface area (TPSA) is 20.2 Å². The fourth-order valence-electron chi connectivity index (χ4n) is 5.73. The predicted molar refractivity (Wildman–Crippen MR) is 89.2 cm³/mol. The fourth-order valence-corrected chi connectivity index (χ4v) is 5.73. The van der Waals surface area contributed by atoms with Crippen LogP contribution in [0.2, 0.25) is 0 Å². The van der Waals surface area contributed by atoms with Crippen molar-refractivity contribution in [2.75, 3.05) is 0 Å². The van der Waals surface area contributed by atoms with Crippen molar-refractivity contribution >= 4 is 0 Å². The van der Waals surface area contributed by atoms with Crippen LogP contribution in [0.15, 0.2) is 0 Å². The Bertz CT molecular complexity index is 289. The van der Waals surface area contributed by atoms with Gasteiger partial charge in [-0.05, 0) is 93.8 Å². The van der Waals surface area contributed by atoms with Crippen LogP contribution in [-0.2, 0) is 0 Å². The highest BCUT2D eigenvalue weighted by molar-refractivity contribution is 4.85. The molecule has 0 amide bonds. The molecule has 0 aliphatic heterocycles. The molecular weight excluding hydrogens is 256 g/mol. The number of rotatable bonds is 3. The third-order valence-corrected chi connectivity index (χ3v) is 7.36. The molecule has 1 N–H and O–H groups in total. The summed E-state index contributed by atoms with van der Waals surface area (Å²) in [6.07, 6.45) is 18.3. The molecule has 0 aromatic heterocycles. The summed E-state index contributed by atoms with van der Waals surface area (Å²) in [7, 11) is 0. The van der Waals surface area contributed by atoms with Crippen molar-refractivity contribution in [3.8, 4) is 0 Å². The van der Waals surface area contributed by atoms with E-state index in [0.717, 1.165) is 42.4 Å². The van der Waals surface area contributed by atoms with Crippen molar-refractivity contribution in [3.05, 3.63) is 0 Å². The van der Waals surface area contributed by atoms with Crippen LogP contribution in [0.4, 0.5) is 0 Å². The van der Waals surface area contributed by atoms with Crippen molar-refractivity contribution in [1.82, 2.24) is 0 Å². The summed E-state index contributed by atoms with van der Waals surface area (Å²) in [6, 6.07) is 0. The number of aliphatic hydroxyl groups excluding tert-OH is 1. The fraction of sp³-hybridized carbons (Fsp3) is 1.00. The molecule has 0 aromatic rings. The number of aliphatic hydroxyl groups is 1. The van der Waals surface area contributed by atoms with Crippen molar-refractivity contribution in [1.29, 1.82) is 0 Å². The zero-order valence-electron chi connectivity index (χ0n) is 14.1. The van der Waals surface area contributed by atoms with Crippen molar-refractivity contribution < 1.29 is 5.11 Å². The summed E-state index contributed by atoms with van der Waals surface area (Å²) in [5, 5.41) is 9.68. The molecule has 122 valence electrons. The van der Waals surface area contributed by atoms with E-state index in [2.05, 4.69) is 6.92 Å². The van der Waals surface area contributed by atoms with Gasteiger partial charge in [0.15, 0.2) is 0 Å². The van der Waals surface area contributed by atoms with E-state index >= 15 is 0 Å². The van der Waals surface area contributed by atoms with E-state index in [1.165, 1.54) is 70.6 Å². The minimum absolute atomic E-state index is 0.0198. The lowest BCUT2D eigenvalue weighted by Crippen LogP contribution is -2.30. The van der Waals surface area contributed by atoms with Crippen LogP contribution < -0.4 is 0 Å². The van der Waals surface area contributed by atoms with Crippen molar-refractivity contribution in [3.63, 3.8) is 0 Å². The summed E-state index contributed by atoms with van der Waals surface area (Å²) in [6.45, 7) is 2.37. The molecule has 0 heterocycles. The van der Waals surface area contributed by atoms with E-state index in [9.17, 15) is 5.11 Å². The van der Waals surface area contributed by atoms with Gasteiger partial charge in [0.1, 0.15) is 0 Å². The summed E-state index contributed by atoms with van der Waals surface area (Å²) in [5.41, 5.74) is 0. The molecule has 0 radical (unpaired) electrons. The average Bonchev–Trinajstić information content (AvgIpc) is 2.56. The van der Waals surface area contributed by atoms with Gasteiger partial charge in [-0.1, -0.05) is 26.2 Å². The Kier molecular flexibility index (Phi) is 5.65. The lowest BCUT2D eigenvalue weighted by molar-refractivity contribution is 0.0668. The van der Waals surface area contributed by atoms with E-state index in [-0.39, 0.29) is 6.10 Å². The third-order valence-electron chi connectivity index (χ3n) is 7.36. The summed E-state index contributed by atoms with van der Waals surface area (Å²) in [4.78, 5) is 0. The number of hydrogen-bond acceptors (Lipinski definition) is 1. The first-order chi connectivity index (χ1) is 10.3. The van der Waals surface area contributed by atoms with Crippen LogP contribution in [0.1, 0.15) is 90.4 Å². The summed E-state index contributed by atoms with van der Waals surface area (Å²) < 4.78 is 0. The molecule has 21 heavy (non-hydrogen) atoms. The molecular formula is C20H36O. The van der Waals surface area contributed by atoms with E-state index < -0.39 is 0 Å². The van der Waals surface area contributed by atoms with Crippen molar-refractivity contribution in [2.24, 2.45) is 29.6 Å². The van der Waals surface area contributed by atoms with E-state index in [1.807, 2.05) is 0 Å². The largest absolute Gasteiger partial charge is 0.393 e. The Balaban J connectivity index is 1.41. The van der Waals surface area contributed by atoms with Gasteiger partial charge in [-0.2, -0.15) is 0 Å². The summed E-state index contributed by atoms with van der Waals surface area (Å²) >= 11 is 0. The second kappa shape index (κ2) is 7.49. The molecule has 3 aliphatic carbocycles. The first-order valence-electron chi connectivity index (χ1n) is 9.94. The minimum atomic E-state index is 0.0198. The van der Waals surface area contributed by atoms with E-state index in [4.69, 9.17) is 0 Å². The molecule has 0 atom stereocenters. The SMILES string of the molecule is CC[C@H]1CC[C@H](C2CCC(C3CCC(O)CC3)CC2)CC1. The molecule has 3 saturated carbocycles. The zero-order valence-corrected chi connectivity index (χ0v) is 14.1. The van der Waals surface area contributed by atoms with Gasteiger partial charge >= 0.3 is 0 Å². The first kappa shape index (κ1) is 15.8. The Morgan fingerprint density at radius 2 is 0.905 bits per heavy atom. The maximum absolute atomic E-state index is 9.68. The Morgan fingerprint density at radius 1 is 0.571 bits per heavy atom. The first-order valence-corrected chi connectivity index (χ1v) is 9.94. The zero-order chi connectivity index (χ0) is 14.7. The van der Waals surface area contributed by atoms with Gasteiger partial charge in [0, 0.05) is 0 Å². The van der Waals surface area contributed by atoms with Gasteiger partial charge in [-0.3, -0.25) is 0 Å². The molecule has 0 aromatic carbocycles. The van der Waals surface area contributed by atoms with Crippen LogP contribution in [0.25, 0.3) is 0 Å². The molecule has 0 unspecified atom stereocenters. The highest BCUT2D eigenvalue weighted by atomic mass is 16.3. The molecule has 0 saturated heterocycles. The van der Waals surface area contributed by atoms with Crippen LogP contribution in [0.5, 0.6) is 0 Å². The van der Waals surface area contributed by atoms with E-state index in [1.54, 1.807) is 0 Å². The van der Waals surface area contributed by atoms with Crippen molar-refractivity contribution in [2.45, 2.75) is 96.5 Å². The minimum Gasteiger partial charge on any atom is -0.393 e. The highest BCUT2D eigenvalue weighted by Crippen LogP contribution is 2.45. The normalized spacial score (nSPS) is 45.4. The van der Waals surface area contributed by atoms with E-state index in [0.29, 0.717) is 0 Å². The van der Waals surface area contributed by atoms with Gasteiger partial charge in [-0.15, -0.1) is 0 Å². The summed E-state index contributed by atoms with van der Waals surface area (Å²) in [5.74, 6) is 5.13. The average molecular weight is 293 g/mol. The lowest BCUT2D eigenvalue weighted by Gasteiger charge is -2.41. The predicted octanol–water partition coefficient (Wildman–Crippen LogP) is 5.56. The molecule has 0 spiro atoms. The number of hydrogen-bond donors (Lipinski definition) is 1. The lowest BCUT2D eigenvalue weighted by atomic mass is 9.65. The van der Waals surface area contributed by atoms with Crippen LogP contribution in [0, 0.1) is 29.6 Å². The molecule has 3 aliphatic rings. The van der Waals surface area contributed by atoms with Gasteiger partial charge in [0.25, 0.3) is 0 Å². The van der Waals surface area contributed by atoms with Gasteiger partial charge in [-0.25, -0.2) is 0 Å². The Hall–Kier alpha value is -0.0400. The highest BCUT2D eigenvalue weighted by Gasteiger charge is 2.34. The molecule has 3 fully saturated rings. The van der Waals surface area contributed by atoms with Gasteiger partial charge in [0.2, 0.25) is 0 Å². The monoisotopic (exact) mass is 292 g/mol. The molecule has 0 bridgehead atoms. The molecule has 1 heteroatoms. The quantitative estimate of drug-likeness (QED) is 0.722. The second-order valence-electron chi connectivity index (χ2n) is 8.43. The maximum Gasteiger partial charge on any atom is 0.0540 e. The second-order valence-corrected chi connectivity index (χ2v) is 8.43. The van der Waals surface area contributed by atoms with Crippen LogP contribution >= 0.6 is 0 Å². The maximum atomic E-state index is 9.68. The van der Waals surface area contributed by atoms with Gasteiger partial charge < -0.3 is 5.11 Å². The standard InChI is InChI=1S/C20H36O/c1-2-15-3-5-16(6-4-15)17-7-9-18(10-8-17)19-11-13-20(21)14-12-19/h15-21H,2-14H2,1H3/t15-,16-,17?,18?,19?,20?. The Labute approximate surface area is 131 Å². The smallest absolute Gasteiger partial charge is 0.0540 e. The Morgan fingerprint density at radius 3 is 1.29 bits per heavy atom. The van der Waals surface area contributed by atoms with Gasteiger partial charge in [0.05, 0.1) is 6.10 Å². The van der Waals surface area contributed by atoms with Crippen LogP contribution in [-0.4, -0.2) is 11.2 Å². The van der Waals surface area contributed by atoms with Crippen LogP contribution in [0.3, 0.4) is 0 Å².